The van der Waals surface area contributed by atoms with Gasteiger partial charge in [-0.05, 0) is 17.7 Å². The van der Waals surface area contributed by atoms with Gasteiger partial charge < -0.3 is 10.5 Å². The highest BCUT2D eigenvalue weighted by atomic mass is 35.5. The standard InChI is InChI=1S/C10H12FNO.ClH/c1-13-10-4-2-3-8(5-10)9(6-11)7-12;/h2-6H,7,12H2,1H3;1H. The molecule has 4 heteroatoms. The predicted octanol–water partition coefficient (Wildman–Crippen LogP) is 2.39. The van der Waals surface area contributed by atoms with Crippen LogP contribution in [0.15, 0.2) is 30.6 Å². The molecule has 2 nitrogen and oxygen atoms in total. The van der Waals surface area contributed by atoms with Crippen LogP contribution in [-0.4, -0.2) is 13.7 Å². The van der Waals surface area contributed by atoms with E-state index in [4.69, 9.17) is 10.5 Å². The van der Waals surface area contributed by atoms with Gasteiger partial charge in [-0.1, -0.05) is 12.1 Å². The van der Waals surface area contributed by atoms with E-state index in [1.54, 1.807) is 31.4 Å². The fourth-order valence-corrected chi connectivity index (χ4v) is 1.05. The summed E-state index contributed by atoms with van der Waals surface area (Å²) in [7, 11) is 1.57. The van der Waals surface area contributed by atoms with Gasteiger partial charge in [-0.2, -0.15) is 0 Å². The number of hydrogen-bond acceptors (Lipinski definition) is 2. The topological polar surface area (TPSA) is 35.2 Å². The lowest BCUT2D eigenvalue weighted by Gasteiger charge is -2.04. The smallest absolute Gasteiger partial charge is 0.119 e. The van der Waals surface area contributed by atoms with E-state index in [0.717, 1.165) is 5.56 Å². The Morgan fingerprint density at radius 1 is 1.57 bits per heavy atom. The summed E-state index contributed by atoms with van der Waals surface area (Å²) in [6, 6.07) is 7.14. The van der Waals surface area contributed by atoms with E-state index in [1.165, 1.54) is 0 Å². The lowest BCUT2D eigenvalue weighted by molar-refractivity contribution is 0.414. The normalized spacial score (nSPS) is 10.6. The fourth-order valence-electron chi connectivity index (χ4n) is 1.05. The van der Waals surface area contributed by atoms with Gasteiger partial charge in [0.25, 0.3) is 0 Å². The molecule has 1 aromatic carbocycles. The molecule has 14 heavy (non-hydrogen) atoms. The number of rotatable bonds is 3. The lowest BCUT2D eigenvalue weighted by Crippen LogP contribution is -2.01. The molecule has 0 amide bonds. The Kier molecular flexibility index (Phi) is 5.92. The average molecular weight is 218 g/mol. The Balaban J connectivity index is 0.00000169. The molecule has 0 aliphatic rings. The van der Waals surface area contributed by atoms with Crippen LogP contribution >= 0.6 is 12.4 Å². The Morgan fingerprint density at radius 2 is 2.29 bits per heavy atom. The van der Waals surface area contributed by atoms with Gasteiger partial charge in [0, 0.05) is 12.1 Å². The van der Waals surface area contributed by atoms with Crippen LogP contribution in [0, 0.1) is 0 Å². The summed E-state index contributed by atoms with van der Waals surface area (Å²) in [5.74, 6) is 0.699. The quantitative estimate of drug-likeness (QED) is 0.844. The highest BCUT2D eigenvalue weighted by Gasteiger charge is 2.00. The van der Waals surface area contributed by atoms with Crippen molar-refractivity contribution in [1.29, 1.82) is 0 Å². The highest BCUT2D eigenvalue weighted by Crippen LogP contribution is 2.19. The van der Waals surface area contributed by atoms with Gasteiger partial charge in [0.15, 0.2) is 0 Å². The summed E-state index contributed by atoms with van der Waals surface area (Å²) in [6.45, 7) is 0.184. The molecule has 0 spiro atoms. The number of hydrogen-bond donors (Lipinski definition) is 1. The first-order valence-corrected chi connectivity index (χ1v) is 3.95. The highest BCUT2D eigenvalue weighted by molar-refractivity contribution is 5.85. The summed E-state index contributed by atoms with van der Waals surface area (Å²) < 4.78 is 17.3. The second kappa shape index (κ2) is 6.40. The van der Waals surface area contributed by atoms with E-state index in [-0.39, 0.29) is 19.0 Å². The van der Waals surface area contributed by atoms with Crippen LogP contribution in [0.4, 0.5) is 4.39 Å². The van der Waals surface area contributed by atoms with Gasteiger partial charge in [0.1, 0.15) is 5.75 Å². The van der Waals surface area contributed by atoms with Crippen LogP contribution in [0.5, 0.6) is 5.75 Å². The molecule has 0 saturated heterocycles. The lowest BCUT2D eigenvalue weighted by atomic mass is 10.1. The number of ether oxygens (including phenoxy) is 1. The SMILES string of the molecule is COc1cccc(C(=CF)CN)c1.Cl. The van der Waals surface area contributed by atoms with Gasteiger partial charge in [0.2, 0.25) is 0 Å². The Bertz CT molecular complexity index is 315. The molecule has 0 heterocycles. The summed E-state index contributed by atoms with van der Waals surface area (Å²) in [4.78, 5) is 0. The van der Waals surface area contributed by atoms with Crippen LogP contribution in [0.3, 0.4) is 0 Å². The number of benzene rings is 1. The van der Waals surface area contributed by atoms with E-state index in [1.807, 2.05) is 0 Å². The molecule has 0 bridgehead atoms. The zero-order valence-electron chi connectivity index (χ0n) is 7.87. The molecule has 78 valence electrons. The first-order valence-electron chi connectivity index (χ1n) is 3.95. The molecule has 0 aliphatic heterocycles. The van der Waals surface area contributed by atoms with Crippen LogP contribution in [0.1, 0.15) is 5.56 Å². The molecule has 0 saturated carbocycles. The van der Waals surface area contributed by atoms with Gasteiger partial charge in [-0.3, -0.25) is 0 Å². The van der Waals surface area contributed by atoms with Crippen LogP contribution in [0.2, 0.25) is 0 Å². The van der Waals surface area contributed by atoms with Crippen molar-refractivity contribution in [1.82, 2.24) is 0 Å². The third kappa shape index (κ3) is 3.01. The third-order valence-corrected chi connectivity index (χ3v) is 1.79. The van der Waals surface area contributed by atoms with E-state index >= 15 is 0 Å². The zero-order valence-corrected chi connectivity index (χ0v) is 8.68. The maximum absolute atomic E-state index is 12.3. The third-order valence-electron chi connectivity index (χ3n) is 1.79. The van der Waals surface area contributed by atoms with Crippen molar-refractivity contribution < 1.29 is 9.13 Å². The predicted molar refractivity (Wildman–Crippen MR) is 58.4 cm³/mol. The second-order valence-corrected chi connectivity index (χ2v) is 2.57. The van der Waals surface area contributed by atoms with Crippen LogP contribution in [0.25, 0.3) is 5.57 Å². The molecule has 0 atom stereocenters. The monoisotopic (exact) mass is 217 g/mol. The van der Waals surface area contributed by atoms with E-state index in [0.29, 0.717) is 17.7 Å². The summed E-state index contributed by atoms with van der Waals surface area (Å²) in [5, 5.41) is 0. The largest absolute Gasteiger partial charge is 0.497 e. The van der Waals surface area contributed by atoms with Crippen molar-refractivity contribution >= 4 is 18.0 Å². The van der Waals surface area contributed by atoms with E-state index < -0.39 is 0 Å². The summed E-state index contributed by atoms with van der Waals surface area (Å²) in [6.07, 6.45) is 0.523. The number of nitrogens with two attached hydrogens (primary N) is 1. The van der Waals surface area contributed by atoms with Gasteiger partial charge in [-0.15, -0.1) is 12.4 Å². The second-order valence-electron chi connectivity index (χ2n) is 2.57. The van der Waals surface area contributed by atoms with E-state index in [2.05, 4.69) is 0 Å². The molecule has 0 aromatic heterocycles. The van der Waals surface area contributed by atoms with Crippen molar-refractivity contribution in [3.8, 4) is 5.75 Å². The van der Waals surface area contributed by atoms with Gasteiger partial charge in [-0.25, -0.2) is 4.39 Å². The van der Waals surface area contributed by atoms with Crippen LogP contribution < -0.4 is 10.5 Å². The minimum Gasteiger partial charge on any atom is -0.497 e. The molecular formula is C10H13ClFNO. The first-order chi connectivity index (χ1) is 6.31. The molecule has 0 unspecified atom stereocenters. The van der Waals surface area contributed by atoms with Crippen molar-refractivity contribution in [3.63, 3.8) is 0 Å². The molecule has 0 radical (unpaired) electrons. The maximum atomic E-state index is 12.3. The molecule has 1 rings (SSSR count). The average Bonchev–Trinajstić information content (AvgIpc) is 2.20. The molecule has 2 N–H and O–H groups in total. The maximum Gasteiger partial charge on any atom is 0.119 e. The van der Waals surface area contributed by atoms with Gasteiger partial charge >= 0.3 is 0 Å². The number of methoxy groups -OCH3 is 1. The van der Waals surface area contributed by atoms with Crippen LogP contribution in [-0.2, 0) is 0 Å². The first kappa shape index (κ1) is 12.9. The van der Waals surface area contributed by atoms with Crippen molar-refractivity contribution in [2.45, 2.75) is 0 Å². The molecular weight excluding hydrogens is 205 g/mol. The Labute approximate surface area is 89.0 Å². The molecule has 1 aromatic rings. The molecule has 0 fully saturated rings. The Hall–Kier alpha value is -1.06. The van der Waals surface area contributed by atoms with Crippen molar-refractivity contribution in [2.24, 2.45) is 5.73 Å². The van der Waals surface area contributed by atoms with Gasteiger partial charge in [0.05, 0.1) is 13.4 Å². The summed E-state index contributed by atoms with van der Waals surface area (Å²) >= 11 is 0. The van der Waals surface area contributed by atoms with E-state index in [9.17, 15) is 4.39 Å². The van der Waals surface area contributed by atoms with Crippen molar-refractivity contribution in [3.05, 3.63) is 36.2 Å². The minimum atomic E-state index is 0. The number of halogens is 2. The minimum absolute atomic E-state index is 0. The zero-order chi connectivity index (χ0) is 9.68. The van der Waals surface area contributed by atoms with Crippen molar-refractivity contribution in [2.75, 3.05) is 13.7 Å². The molecule has 0 aliphatic carbocycles. The Morgan fingerprint density at radius 3 is 2.79 bits per heavy atom. The summed E-state index contributed by atoms with van der Waals surface area (Å²) in [5.41, 5.74) is 6.58. The fraction of sp³-hybridized carbons (Fsp3) is 0.200.